The summed E-state index contributed by atoms with van der Waals surface area (Å²) in [5.74, 6) is -0.585. The van der Waals surface area contributed by atoms with Gasteiger partial charge in [-0.05, 0) is 43.6 Å². The van der Waals surface area contributed by atoms with Crippen LogP contribution in [0.1, 0.15) is 33.6 Å². The van der Waals surface area contributed by atoms with Gasteiger partial charge in [0.2, 0.25) is 0 Å². The third-order valence-corrected chi connectivity index (χ3v) is 8.85. The van der Waals surface area contributed by atoms with Gasteiger partial charge in [-0.2, -0.15) is 11.0 Å². The lowest BCUT2D eigenvalue weighted by Gasteiger charge is -2.15. The van der Waals surface area contributed by atoms with E-state index in [1.54, 1.807) is 24.3 Å². The Morgan fingerprint density at radius 1 is 0.762 bits per heavy atom. The van der Waals surface area contributed by atoms with E-state index < -0.39 is 28.3 Å². The molecule has 14 nitrogen and oxygen atoms in total. The Balaban J connectivity index is 0.000000850. The Morgan fingerprint density at radius 2 is 1.17 bits per heavy atom. The first-order valence-corrected chi connectivity index (χ1v) is 21.2. The smallest absolute Gasteiger partial charge is 0.431 e. The van der Waals surface area contributed by atoms with Crippen LogP contribution in [0.15, 0.2) is 24.3 Å². The standard InChI is InChI=1S/C17H24N2O5Si.C9H22N2O3Si.H2N2/c1-25(2,3)12-11-23-17(22)18-24-10-6-9-19-15(20)13-7-4-5-8-14(13)16(19)21;1-15(2,3)8-7-13-9(12)11-14-6-4-5-10;1-2/h4-5,7-8H,6,9-12H2,1-3H3,(H,18,22);4-8,10H2,1-3H3,(H,11,12);1-2H. The zero-order valence-electron chi connectivity index (χ0n) is 25.7. The second kappa shape index (κ2) is 20.7. The summed E-state index contributed by atoms with van der Waals surface area (Å²) in [6.45, 7) is 15.5. The average Bonchev–Trinajstić information content (AvgIpc) is 3.16. The van der Waals surface area contributed by atoms with Crippen molar-refractivity contribution in [3.05, 3.63) is 35.4 Å². The van der Waals surface area contributed by atoms with Crippen LogP contribution in [0.4, 0.5) is 9.59 Å². The molecule has 0 aromatic heterocycles. The van der Waals surface area contributed by atoms with Gasteiger partial charge in [-0.3, -0.25) is 24.2 Å². The second-order valence-corrected chi connectivity index (χ2v) is 22.8. The molecule has 1 aliphatic heterocycles. The van der Waals surface area contributed by atoms with E-state index in [-0.39, 0.29) is 25.0 Å². The first kappa shape index (κ1) is 38.8. The number of rotatable bonds is 15. The summed E-state index contributed by atoms with van der Waals surface area (Å²) in [7, 11) is -2.37. The summed E-state index contributed by atoms with van der Waals surface area (Å²) in [5.41, 5.74) is 20.5. The number of hydrogen-bond donors (Lipinski definition) is 5. The number of carbonyl (C=O) groups excluding carboxylic acids is 4. The fraction of sp³-hybridized carbons (Fsp3) is 0.615. The SMILES string of the molecule is C[Si](C)(C)CCOC(=O)NOCCCN.C[Si](C)(C)CCOC(=O)NOCCCN1C(=O)c2ccccc2C1=O.N=N. The highest BCUT2D eigenvalue weighted by Crippen LogP contribution is 2.22. The molecule has 0 bridgehead atoms. The summed E-state index contributed by atoms with van der Waals surface area (Å²) in [5, 5.41) is 0. The number of nitrogens with one attached hydrogen (secondary N) is 4. The molecule has 0 spiro atoms. The number of carbonyl (C=O) groups is 4. The van der Waals surface area contributed by atoms with Crippen LogP contribution < -0.4 is 16.7 Å². The van der Waals surface area contributed by atoms with Crippen LogP contribution in [0.25, 0.3) is 0 Å². The molecule has 1 heterocycles. The predicted octanol–water partition coefficient (Wildman–Crippen LogP) is 4.60. The van der Waals surface area contributed by atoms with Gasteiger partial charge < -0.3 is 15.2 Å². The Hall–Kier alpha value is -3.19. The number of nitrogens with zero attached hydrogens (tertiary/aromatic N) is 1. The molecule has 16 heteroatoms. The Labute approximate surface area is 250 Å². The van der Waals surface area contributed by atoms with Gasteiger partial charge >= 0.3 is 12.2 Å². The number of imide groups is 1. The van der Waals surface area contributed by atoms with E-state index in [2.05, 4.69) is 50.2 Å². The topological polar surface area (TPSA) is 206 Å². The minimum absolute atomic E-state index is 0.177. The van der Waals surface area contributed by atoms with Crippen molar-refractivity contribution in [1.82, 2.24) is 15.9 Å². The van der Waals surface area contributed by atoms with Gasteiger partial charge in [-0.25, -0.2) is 20.7 Å². The van der Waals surface area contributed by atoms with Crippen LogP contribution in [0.5, 0.6) is 0 Å². The third-order valence-electron chi connectivity index (χ3n) is 5.44. The highest BCUT2D eigenvalue weighted by atomic mass is 28.3. The van der Waals surface area contributed by atoms with Gasteiger partial charge in [0.15, 0.2) is 0 Å². The maximum absolute atomic E-state index is 12.2. The van der Waals surface area contributed by atoms with Crippen molar-refractivity contribution < 1.29 is 38.3 Å². The number of amides is 4. The van der Waals surface area contributed by atoms with Gasteiger partial charge in [0.05, 0.1) is 37.6 Å². The lowest BCUT2D eigenvalue weighted by Crippen LogP contribution is -2.32. The Kier molecular flexibility index (Phi) is 19.1. The molecule has 1 aliphatic rings. The molecular weight excluding hydrogens is 580 g/mol. The summed E-state index contributed by atoms with van der Waals surface area (Å²) in [6.07, 6.45) is -0.0141. The lowest BCUT2D eigenvalue weighted by atomic mass is 10.1. The molecule has 6 N–H and O–H groups in total. The van der Waals surface area contributed by atoms with Crippen molar-refractivity contribution in [2.24, 2.45) is 5.73 Å². The molecular formula is C26H48N6O8Si2. The molecule has 0 saturated carbocycles. The van der Waals surface area contributed by atoms with E-state index in [1.165, 1.54) is 4.90 Å². The van der Waals surface area contributed by atoms with Crippen LogP contribution in [0.3, 0.4) is 0 Å². The third kappa shape index (κ3) is 17.6. The Bertz CT molecular complexity index is 953. The molecule has 0 saturated heterocycles. The van der Waals surface area contributed by atoms with Gasteiger partial charge in [-0.1, -0.05) is 51.4 Å². The van der Waals surface area contributed by atoms with E-state index in [1.807, 2.05) is 0 Å². The quantitative estimate of drug-likeness (QED) is 0.0604. The van der Waals surface area contributed by atoms with E-state index in [0.717, 1.165) is 18.5 Å². The summed E-state index contributed by atoms with van der Waals surface area (Å²) < 4.78 is 9.94. The Morgan fingerprint density at radius 3 is 1.55 bits per heavy atom. The molecule has 0 aliphatic carbocycles. The number of hydrogen-bond acceptors (Lipinski definition) is 11. The molecule has 0 unspecified atom stereocenters. The zero-order chi connectivity index (χ0) is 32.2. The van der Waals surface area contributed by atoms with Crippen LogP contribution in [-0.2, 0) is 19.1 Å². The van der Waals surface area contributed by atoms with Crippen LogP contribution in [-0.4, -0.2) is 84.6 Å². The average molecular weight is 629 g/mol. The zero-order valence-corrected chi connectivity index (χ0v) is 27.7. The van der Waals surface area contributed by atoms with E-state index >= 15 is 0 Å². The van der Waals surface area contributed by atoms with Crippen molar-refractivity contribution >= 4 is 40.1 Å². The minimum Gasteiger partial charge on any atom is -0.448 e. The van der Waals surface area contributed by atoms with Crippen molar-refractivity contribution in [1.29, 1.82) is 11.1 Å². The van der Waals surface area contributed by atoms with Crippen LogP contribution in [0, 0.1) is 11.1 Å². The maximum Gasteiger partial charge on any atom is 0.431 e. The van der Waals surface area contributed by atoms with Gasteiger partial charge in [0.25, 0.3) is 11.8 Å². The monoisotopic (exact) mass is 628 g/mol. The predicted molar refractivity (Wildman–Crippen MR) is 163 cm³/mol. The number of hydroxylamine groups is 2. The fourth-order valence-electron chi connectivity index (χ4n) is 3.07. The highest BCUT2D eigenvalue weighted by Gasteiger charge is 2.34. The number of benzene rings is 1. The maximum atomic E-state index is 12.2. The van der Waals surface area contributed by atoms with Crippen molar-refractivity contribution in [2.75, 3.05) is 39.5 Å². The van der Waals surface area contributed by atoms with Crippen molar-refractivity contribution in [2.45, 2.75) is 64.2 Å². The molecule has 4 amide bonds. The molecule has 0 radical (unpaired) electrons. The van der Waals surface area contributed by atoms with E-state index in [4.69, 9.17) is 35.9 Å². The molecule has 2 rings (SSSR count). The van der Waals surface area contributed by atoms with Crippen LogP contribution in [0.2, 0.25) is 51.4 Å². The first-order valence-electron chi connectivity index (χ1n) is 13.7. The van der Waals surface area contributed by atoms with Crippen molar-refractivity contribution in [3.63, 3.8) is 0 Å². The number of nitrogens with two attached hydrogens (primary N) is 1. The molecule has 1 aromatic rings. The second-order valence-electron chi connectivity index (χ2n) is 11.6. The number of ether oxygens (including phenoxy) is 2. The summed E-state index contributed by atoms with van der Waals surface area (Å²) >= 11 is 0. The molecule has 238 valence electrons. The van der Waals surface area contributed by atoms with Gasteiger partial charge in [-0.15, -0.1) is 0 Å². The van der Waals surface area contributed by atoms with E-state index in [9.17, 15) is 19.2 Å². The first-order chi connectivity index (χ1) is 19.7. The molecule has 0 fully saturated rings. The fourth-order valence-corrected chi connectivity index (χ4v) is 4.50. The normalized spacial score (nSPS) is 12.3. The van der Waals surface area contributed by atoms with Crippen molar-refractivity contribution in [3.8, 4) is 0 Å². The molecule has 1 aromatic carbocycles. The number of fused-ring (bicyclic) bond motifs is 1. The summed E-state index contributed by atoms with van der Waals surface area (Å²) in [6, 6.07) is 8.60. The van der Waals surface area contributed by atoms with E-state index in [0.29, 0.717) is 43.9 Å². The van der Waals surface area contributed by atoms with Gasteiger partial charge in [0.1, 0.15) is 0 Å². The summed E-state index contributed by atoms with van der Waals surface area (Å²) in [4.78, 5) is 57.8. The van der Waals surface area contributed by atoms with Crippen LogP contribution >= 0.6 is 0 Å². The minimum atomic E-state index is -1.24. The molecule has 0 atom stereocenters. The lowest BCUT2D eigenvalue weighted by molar-refractivity contribution is 0.0249. The molecule has 42 heavy (non-hydrogen) atoms. The highest BCUT2D eigenvalue weighted by molar-refractivity contribution is 6.76. The van der Waals surface area contributed by atoms with Gasteiger partial charge in [0, 0.05) is 22.7 Å². The largest absolute Gasteiger partial charge is 0.448 e.